The fourth-order valence-corrected chi connectivity index (χ4v) is 1.20. The molecule has 1 aromatic rings. The smallest absolute Gasteiger partial charge is 0.0716 e. The standard InChI is InChI=1S/C14H16BN/c1-11(9-15)12(2)10-16-13(3)14-7-5-4-6-8-14/h4-8,10H,1,9H2,2-3H3/b12-10+,16-13?. The number of hydrogen-bond donors (Lipinski definition) is 0. The van der Waals surface area contributed by atoms with Crippen molar-refractivity contribution in [3.63, 3.8) is 0 Å². The van der Waals surface area contributed by atoms with Gasteiger partial charge in [0.05, 0.1) is 7.85 Å². The zero-order chi connectivity index (χ0) is 12.0. The lowest BCUT2D eigenvalue weighted by atomic mass is 9.94. The molecular formula is C14H16BN. The number of aliphatic imine (C=N–C) groups is 1. The van der Waals surface area contributed by atoms with Crippen molar-refractivity contribution in [2.75, 3.05) is 0 Å². The molecule has 1 rings (SSSR count). The molecule has 0 aliphatic carbocycles. The summed E-state index contributed by atoms with van der Waals surface area (Å²) in [5, 5.41) is 0. The summed E-state index contributed by atoms with van der Waals surface area (Å²) in [7, 11) is 5.50. The molecule has 0 saturated carbocycles. The van der Waals surface area contributed by atoms with Crippen LogP contribution in [-0.2, 0) is 0 Å². The molecule has 80 valence electrons. The van der Waals surface area contributed by atoms with Gasteiger partial charge in [0.15, 0.2) is 0 Å². The zero-order valence-electron chi connectivity index (χ0n) is 9.90. The van der Waals surface area contributed by atoms with E-state index in [0.717, 1.165) is 22.4 Å². The summed E-state index contributed by atoms with van der Waals surface area (Å²) in [6.45, 7) is 7.82. The van der Waals surface area contributed by atoms with Gasteiger partial charge < -0.3 is 0 Å². The van der Waals surface area contributed by atoms with Gasteiger partial charge in [0.2, 0.25) is 0 Å². The van der Waals surface area contributed by atoms with Crippen molar-refractivity contribution in [3.05, 3.63) is 59.8 Å². The second-order valence-electron chi connectivity index (χ2n) is 3.70. The molecular weight excluding hydrogens is 193 g/mol. The van der Waals surface area contributed by atoms with Gasteiger partial charge in [0.25, 0.3) is 0 Å². The summed E-state index contributed by atoms with van der Waals surface area (Å²) < 4.78 is 0. The molecule has 2 heteroatoms. The summed E-state index contributed by atoms with van der Waals surface area (Å²) in [6.07, 6.45) is 2.29. The van der Waals surface area contributed by atoms with E-state index in [1.807, 2.05) is 50.4 Å². The van der Waals surface area contributed by atoms with Crippen LogP contribution in [0.2, 0.25) is 6.32 Å². The maximum atomic E-state index is 5.50. The lowest BCUT2D eigenvalue weighted by Crippen LogP contribution is -1.92. The third-order valence-electron chi connectivity index (χ3n) is 2.45. The van der Waals surface area contributed by atoms with Crippen LogP contribution in [0.1, 0.15) is 19.4 Å². The first kappa shape index (κ1) is 12.5. The van der Waals surface area contributed by atoms with Gasteiger partial charge >= 0.3 is 0 Å². The third-order valence-corrected chi connectivity index (χ3v) is 2.45. The van der Waals surface area contributed by atoms with Crippen LogP contribution in [0.15, 0.2) is 59.2 Å². The Hall–Kier alpha value is -1.57. The Morgan fingerprint density at radius 2 is 1.94 bits per heavy atom. The number of nitrogens with zero attached hydrogens (tertiary/aromatic N) is 1. The summed E-state index contributed by atoms with van der Waals surface area (Å²) >= 11 is 0. The number of benzene rings is 1. The summed E-state index contributed by atoms with van der Waals surface area (Å²) in [4.78, 5) is 4.40. The minimum Gasteiger partial charge on any atom is -0.261 e. The van der Waals surface area contributed by atoms with Gasteiger partial charge in [0.1, 0.15) is 0 Å². The van der Waals surface area contributed by atoms with Crippen LogP contribution in [0.25, 0.3) is 0 Å². The van der Waals surface area contributed by atoms with E-state index in [-0.39, 0.29) is 0 Å². The van der Waals surface area contributed by atoms with Crippen molar-refractivity contribution in [1.82, 2.24) is 0 Å². The van der Waals surface area contributed by atoms with E-state index in [0.29, 0.717) is 6.32 Å². The second kappa shape index (κ2) is 6.11. The van der Waals surface area contributed by atoms with E-state index in [1.54, 1.807) is 0 Å². The Morgan fingerprint density at radius 3 is 2.50 bits per heavy atom. The van der Waals surface area contributed by atoms with Crippen LogP contribution in [0.5, 0.6) is 0 Å². The van der Waals surface area contributed by atoms with Crippen molar-refractivity contribution < 1.29 is 0 Å². The molecule has 0 aliphatic rings. The van der Waals surface area contributed by atoms with Crippen LogP contribution in [0.4, 0.5) is 0 Å². The molecule has 0 saturated heterocycles. The van der Waals surface area contributed by atoms with E-state index < -0.39 is 0 Å². The van der Waals surface area contributed by atoms with Crippen LogP contribution in [0.3, 0.4) is 0 Å². The fraction of sp³-hybridized carbons (Fsp3) is 0.214. The number of rotatable bonds is 4. The highest BCUT2D eigenvalue weighted by molar-refractivity contribution is 6.10. The molecule has 0 atom stereocenters. The molecule has 0 bridgehead atoms. The highest BCUT2D eigenvalue weighted by Gasteiger charge is 1.95. The molecule has 0 aliphatic heterocycles. The monoisotopic (exact) mass is 209 g/mol. The molecule has 0 unspecified atom stereocenters. The number of allylic oxidation sites excluding steroid dienone is 2. The molecule has 16 heavy (non-hydrogen) atoms. The minimum atomic E-state index is 0.474. The van der Waals surface area contributed by atoms with Crippen LogP contribution in [-0.4, -0.2) is 13.6 Å². The maximum absolute atomic E-state index is 5.50. The normalized spacial score (nSPS) is 12.6. The molecule has 1 nitrogen and oxygen atoms in total. The molecule has 0 fully saturated rings. The van der Waals surface area contributed by atoms with Gasteiger partial charge in [-0.1, -0.05) is 48.8 Å². The third kappa shape index (κ3) is 3.54. The van der Waals surface area contributed by atoms with Gasteiger partial charge in [-0.2, -0.15) is 0 Å². The lowest BCUT2D eigenvalue weighted by Gasteiger charge is -2.01. The van der Waals surface area contributed by atoms with E-state index in [1.165, 1.54) is 0 Å². The van der Waals surface area contributed by atoms with Crippen LogP contribution < -0.4 is 0 Å². The van der Waals surface area contributed by atoms with E-state index in [2.05, 4.69) is 11.6 Å². The van der Waals surface area contributed by atoms with Gasteiger partial charge in [0, 0.05) is 11.9 Å². The predicted molar refractivity (Wildman–Crippen MR) is 72.1 cm³/mol. The Balaban J connectivity index is 2.83. The van der Waals surface area contributed by atoms with E-state index in [4.69, 9.17) is 7.85 Å². The quantitative estimate of drug-likeness (QED) is 0.408. The predicted octanol–water partition coefficient (Wildman–Crippen LogP) is 3.54. The highest BCUT2D eigenvalue weighted by atomic mass is 14.7. The largest absolute Gasteiger partial charge is 0.261 e. The molecule has 0 amide bonds. The van der Waals surface area contributed by atoms with E-state index >= 15 is 0 Å². The average molecular weight is 209 g/mol. The first-order chi connectivity index (χ1) is 7.65. The zero-order valence-corrected chi connectivity index (χ0v) is 9.90. The first-order valence-electron chi connectivity index (χ1n) is 5.30. The Kier molecular flexibility index (Phi) is 4.78. The molecule has 0 spiro atoms. The number of hydrogen-bond acceptors (Lipinski definition) is 1. The maximum Gasteiger partial charge on any atom is 0.0716 e. The molecule has 0 N–H and O–H groups in total. The molecule has 2 radical (unpaired) electrons. The van der Waals surface area contributed by atoms with Crippen molar-refractivity contribution in [2.45, 2.75) is 20.2 Å². The SMILES string of the molecule is [B]CC(=C)/C(C)=C/N=C(C)c1ccccc1. The molecule has 1 aromatic carbocycles. The topological polar surface area (TPSA) is 12.4 Å². The highest BCUT2D eigenvalue weighted by Crippen LogP contribution is 2.10. The van der Waals surface area contributed by atoms with Gasteiger partial charge in [-0.3, -0.25) is 4.99 Å². The van der Waals surface area contributed by atoms with Crippen molar-refractivity contribution in [2.24, 2.45) is 4.99 Å². The summed E-state index contributed by atoms with van der Waals surface area (Å²) in [5.74, 6) is 0. The van der Waals surface area contributed by atoms with Crippen molar-refractivity contribution in [1.29, 1.82) is 0 Å². The van der Waals surface area contributed by atoms with Crippen molar-refractivity contribution in [3.8, 4) is 0 Å². The minimum absolute atomic E-state index is 0.474. The van der Waals surface area contributed by atoms with Crippen LogP contribution in [0, 0.1) is 0 Å². The van der Waals surface area contributed by atoms with Crippen molar-refractivity contribution >= 4 is 13.6 Å². The Labute approximate surface area is 99.0 Å². The van der Waals surface area contributed by atoms with Gasteiger partial charge in [-0.25, -0.2) is 0 Å². The van der Waals surface area contributed by atoms with Crippen LogP contribution >= 0.6 is 0 Å². The molecule has 0 heterocycles. The first-order valence-corrected chi connectivity index (χ1v) is 5.30. The van der Waals surface area contributed by atoms with Gasteiger partial charge in [-0.15, -0.1) is 0 Å². The van der Waals surface area contributed by atoms with E-state index in [9.17, 15) is 0 Å². The molecule has 0 aromatic heterocycles. The average Bonchev–Trinajstić information content (AvgIpc) is 2.35. The summed E-state index contributed by atoms with van der Waals surface area (Å²) in [5.41, 5.74) is 4.07. The van der Waals surface area contributed by atoms with Gasteiger partial charge in [-0.05, 0) is 25.0 Å². The second-order valence-corrected chi connectivity index (χ2v) is 3.70. The Bertz CT molecular complexity index is 416. The summed E-state index contributed by atoms with van der Waals surface area (Å²) in [6, 6.07) is 10.1. The lowest BCUT2D eigenvalue weighted by molar-refractivity contribution is 1.31. The Morgan fingerprint density at radius 1 is 1.31 bits per heavy atom. The fourth-order valence-electron chi connectivity index (χ4n) is 1.20.